The lowest BCUT2D eigenvalue weighted by Crippen LogP contribution is -2.15. The molecular weight excluding hydrogens is 212 g/mol. The van der Waals surface area contributed by atoms with Crippen molar-refractivity contribution in [1.29, 1.82) is 0 Å². The highest BCUT2D eigenvalue weighted by Gasteiger charge is 2.14. The first-order valence-electron chi connectivity index (χ1n) is 7.49. The van der Waals surface area contributed by atoms with E-state index in [-0.39, 0.29) is 0 Å². The molecule has 0 aromatic heterocycles. The summed E-state index contributed by atoms with van der Waals surface area (Å²) in [6, 6.07) is 0. The largest absolute Gasteiger partial charge is 0.108 e. The predicted molar refractivity (Wildman–Crippen MR) is 80.5 cm³/mol. The van der Waals surface area contributed by atoms with Gasteiger partial charge in [-0.15, -0.1) is 0 Å². The minimum Gasteiger partial charge on any atom is -0.0654 e. The van der Waals surface area contributed by atoms with Gasteiger partial charge in [0.2, 0.25) is 0 Å². The third-order valence-electron chi connectivity index (χ3n) is 3.02. The topological polar surface area (TPSA) is 0 Å². The van der Waals surface area contributed by atoms with Crippen LogP contribution in [0.15, 0.2) is 0 Å². The number of hydrogen-bond donors (Lipinski definition) is 0. The van der Waals surface area contributed by atoms with E-state index in [4.69, 9.17) is 0 Å². The summed E-state index contributed by atoms with van der Waals surface area (Å²) in [4.78, 5) is 0. The van der Waals surface area contributed by atoms with Crippen LogP contribution in [0.2, 0.25) is 0 Å². The van der Waals surface area contributed by atoms with E-state index in [1.165, 1.54) is 75.0 Å². The first-order chi connectivity index (χ1) is 7.85. The van der Waals surface area contributed by atoms with E-state index < -0.39 is 0 Å². The highest BCUT2D eigenvalue weighted by molar-refractivity contribution is 7.96. The van der Waals surface area contributed by atoms with Gasteiger partial charge in [-0.1, -0.05) is 52.9 Å². The van der Waals surface area contributed by atoms with Crippen molar-refractivity contribution in [2.75, 3.05) is 17.3 Å². The first kappa shape index (κ1) is 16.4. The lowest BCUT2D eigenvalue weighted by atomic mass is 10.1. The Morgan fingerprint density at radius 2 is 1.00 bits per heavy atom. The van der Waals surface area contributed by atoms with E-state index in [1.54, 1.807) is 0 Å². The van der Waals surface area contributed by atoms with Crippen LogP contribution in [0, 0.1) is 0 Å². The van der Waals surface area contributed by atoms with Crippen molar-refractivity contribution in [1.82, 2.24) is 0 Å². The molecule has 16 heavy (non-hydrogen) atoms. The van der Waals surface area contributed by atoms with Crippen LogP contribution < -0.4 is 0 Å². The molecule has 0 saturated heterocycles. The van der Waals surface area contributed by atoms with Gasteiger partial charge in [-0.2, -0.15) is 0 Å². The zero-order chi connectivity index (χ0) is 12.1. The predicted octanol–water partition coefficient (Wildman–Crippen LogP) is 5.18. The Labute approximate surface area is 107 Å². The summed E-state index contributed by atoms with van der Waals surface area (Å²) in [5.74, 6) is 4.50. The van der Waals surface area contributed by atoms with E-state index >= 15 is 0 Å². The summed E-state index contributed by atoms with van der Waals surface area (Å²) in [5.41, 5.74) is 0. The maximum absolute atomic E-state index is 2.33. The minimum atomic E-state index is 0.767. The van der Waals surface area contributed by atoms with Crippen LogP contribution >= 0.6 is 0 Å². The van der Waals surface area contributed by atoms with Crippen molar-refractivity contribution >= 4 is 10.9 Å². The molecule has 0 aromatic rings. The van der Waals surface area contributed by atoms with Crippen LogP contribution in [0.3, 0.4) is 0 Å². The van der Waals surface area contributed by atoms with Crippen LogP contribution in [0.1, 0.15) is 78.6 Å². The van der Waals surface area contributed by atoms with Crippen LogP contribution in [-0.4, -0.2) is 17.3 Å². The van der Waals surface area contributed by atoms with Crippen molar-refractivity contribution in [2.45, 2.75) is 78.6 Å². The quantitative estimate of drug-likeness (QED) is 0.328. The van der Waals surface area contributed by atoms with E-state index in [0.29, 0.717) is 0 Å². The van der Waals surface area contributed by atoms with Crippen LogP contribution in [-0.2, 0) is 10.9 Å². The van der Waals surface area contributed by atoms with Crippen LogP contribution in [0.4, 0.5) is 0 Å². The lowest BCUT2D eigenvalue weighted by Gasteiger charge is -2.06. The summed E-state index contributed by atoms with van der Waals surface area (Å²) in [7, 11) is 0.767. The molecular formula is C15H33S+. The molecule has 0 fully saturated rings. The fourth-order valence-corrected chi connectivity index (χ4v) is 4.53. The summed E-state index contributed by atoms with van der Waals surface area (Å²) in [6.45, 7) is 6.96. The van der Waals surface area contributed by atoms with Crippen LogP contribution in [0.25, 0.3) is 0 Å². The Kier molecular flexibility index (Phi) is 13.7. The molecule has 0 nitrogen and oxygen atoms in total. The fourth-order valence-electron chi connectivity index (χ4n) is 2.15. The minimum absolute atomic E-state index is 0.767. The van der Waals surface area contributed by atoms with Crippen molar-refractivity contribution in [3.05, 3.63) is 0 Å². The van der Waals surface area contributed by atoms with Gasteiger partial charge < -0.3 is 0 Å². The lowest BCUT2D eigenvalue weighted by molar-refractivity contribution is 0.603. The maximum Gasteiger partial charge on any atom is 0.108 e. The summed E-state index contributed by atoms with van der Waals surface area (Å²) in [6.07, 6.45) is 13.0. The SMILES string of the molecule is CCCCCCCCC[S+](CCC)CCC. The van der Waals surface area contributed by atoms with Gasteiger partial charge in [0.1, 0.15) is 17.3 Å². The molecule has 0 radical (unpaired) electrons. The molecule has 0 atom stereocenters. The maximum atomic E-state index is 2.33. The van der Waals surface area contributed by atoms with Gasteiger partial charge in [-0.3, -0.25) is 0 Å². The molecule has 0 aliphatic rings. The van der Waals surface area contributed by atoms with Gasteiger partial charge in [-0.05, 0) is 36.6 Å². The first-order valence-corrected chi connectivity index (χ1v) is 9.22. The Hall–Kier alpha value is 0.350. The molecule has 0 unspecified atom stereocenters. The molecule has 98 valence electrons. The van der Waals surface area contributed by atoms with E-state index in [1.807, 2.05) is 0 Å². The molecule has 0 heterocycles. The molecule has 0 rings (SSSR count). The normalized spacial score (nSPS) is 11.2. The van der Waals surface area contributed by atoms with Gasteiger partial charge in [0.25, 0.3) is 0 Å². The monoisotopic (exact) mass is 245 g/mol. The second-order valence-corrected chi connectivity index (χ2v) is 7.30. The highest BCUT2D eigenvalue weighted by atomic mass is 32.2. The van der Waals surface area contributed by atoms with E-state index in [9.17, 15) is 0 Å². The van der Waals surface area contributed by atoms with Crippen molar-refractivity contribution < 1.29 is 0 Å². The molecule has 0 aliphatic carbocycles. The molecule has 0 aromatic carbocycles. The zero-order valence-corrected chi connectivity index (χ0v) is 12.7. The van der Waals surface area contributed by atoms with Gasteiger partial charge >= 0.3 is 0 Å². The van der Waals surface area contributed by atoms with Gasteiger partial charge in [0.15, 0.2) is 0 Å². The smallest absolute Gasteiger partial charge is 0.0654 e. The molecule has 0 N–H and O–H groups in total. The average Bonchev–Trinajstić information content (AvgIpc) is 2.28. The molecule has 0 amide bonds. The molecule has 0 spiro atoms. The Balaban J connectivity index is 3.25. The van der Waals surface area contributed by atoms with Crippen molar-refractivity contribution in [3.63, 3.8) is 0 Å². The Bertz CT molecular complexity index is 117. The molecule has 0 saturated carbocycles. The summed E-state index contributed by atoms with van der Waals surface area (Å²) in [5, 5.41) is 0. The second-order valence-electron chi connectivity index (χ2n) is 4.85. The third-order valence-corrected chi connectivity index (χ3v) is 5.86. The zero-order valence-electron chi connectivity index (χ0n) is 11.9. The summed E-state index contributed by atoms with van der Waals surface area (Å²) < 4.78 is 0. The number of unbranched alkanes of at least 4 members (excludes halogenated alkanes) is 6. The van der Waals surface area contributed by atoms with Crippen molar-refractivity contribution in [2.24, 2.45) is 0 Å². The number of hydrogen-bond acceptors (Lipinski definition) is 0. The van der Waals surface area contributed by atoms with Gasteiger partial charge in [0.05, 0.1) is 0 Å². The second kappa shape index (κ2) is 13.4. The summed E-state index contributed by atoms with van der Waals surface area (Å²) >= 11 is 0. The standard InChI is InChI=1S/C15H33S/c1-4-7-8-9-10-11-12-15-16(13-5-2)14-6-3/h4-15H2,1-3H3/q+1. The molecule has 0 aliphatic heterocycles. The van der Waals surface area contributed by atoms with E-state index in [0.717, 1.165) is 10.9 Å². The van der Waals surface area contributed by atoms with Gasteiger partial charge in [-0.25, -0.2) is 0 Å². The van der Waals surface area contributed by atoms with Crippen LogP contribution in [0.5, 0.6) is 0 Å². The third kappa shape index (κ3) is 10.9. The fraction of sp³-hybridized carbons (Fsp3) is 1.00. The molecule has 0 bridgehead atoms. The Morgan fingerprint density at radius 3 is 1.50 bits per heavy atom. The molecule has 1 heteroatoms. The van der Waals surface area contributed by atoms with Gasteiger partial charge in [0, 0.05) is 0 Å². The number of rotatable bonds is 12. The van der Waals surface area contributed by atoms with Crippen molar-refractivity contribution in [3.8, 4) is 0 Å². The van der Waals surface area contributed by atoms with E-state index in [2.05, 4.69) is 20.8 Å². The average molecular weight is 245 g/mol. The highest BCUT2D eigenvalue weighted by Crippen LogP contribution is 2.10. The Morgan fingerprint density at radius 1 is 0.500 bits per heavy atom.